The standard InChI is InChI=1S/C8H4N6O4.C2H6.2K/c15-5-1-3(11-7(17)13-5)10-2-4(9-1)12-8(18)14-6(2)16;1-2;;/h(H2,9,12,14,16,18)(H2,10,11,13,15,17);1-2H3;;/q;;2*+1/p-2. The molecule has 0 radical (unpaired) electrons. The first-order valence-corrected chi connectivity index (χ1v) is 5.61. The van der Waals surface area contributed by atoms with E-state index in [9.17, 15) is 19.8 Å². The SMILES string of the molecule is CC.O=c1[nH]c([O-])nc2nc3c(=O)[nH]c([O-])nc3nc12.[K+].[K+]. The Morgan fingerprint density at radius 2 is 1.05 bits per heavy atom. The minimum atomic E-state index is -0.897. The Balaban J connectivity index is 0.00000106. The molecular formula is C10H8K2N6O4. The van der Waals surface area contributed by atoms with Crippen molar-refractivity contribution in [3.8, 4) is 12.0 Å². The fourth-order valence-corrected chi connectivity index (χ4v) is 1.44. The summed E-state index contributed by atoms with van der Waals surface area (Å²) >= 11 is 0. The van der Waals surface area contributed by atoms with Crippen molar-refractivity contribution in [2.24, 2.45) is 0 Å². The van der Waals surface area contributed by atoms with Crippen molar-refractivity contribution in [1.29, 1.82) is 0 Å². The Kier molecular flexibility index (Phi) is 9.61. The molecule has 12 heteroatoms. The first-order chi connectivity index (χ1) is 9.54. The molecule has 2 N–H and O–H groups in total. The van der Waals surface area contributed by atoms with Gasteiger partial charge < -0.3 is 20.2 Å². The smallest absolute Gasteiger partial charge is 0.846 e. The van der Waals surface area contributed by atoms with Gasteiger partial charge in [0, 0.05) is 0 Å². The monoisotopic (exact) mass is 354 g/mol. The van der Waals surface area contributed by atoms with Crippen LogP contribution >= 0.6 is 0 Å². The zero-order chi connectivity index (χ0) is 14.9. The van der Waals surface area contributed by atoms with Gasteiger partial charge in [-0.2, -0.15) is 0 Å². The molecule has 0 unspecified atom stereocenters. The largest absolute Gasteiger partial charge is 1.00 e. The number of hydrogen-bond donors (Lipinski definition) is 2. The Morgan fingerprint density at radius 1 is 0.727 bits per heavy atom. The van der Waals surface area contributed by atoms with Crippen LogP contribution in [-0.2, 0) is 0 Å². The molecule has 3 aromatic heterocycles. The predicted octanol–water partition coefficient (Wildman–Crippen LogP) is -7.87. The van der Waals surface area contributed by atoms with Gasteiger partial charge in [-0.15, -0.1) is 0 Å². The van der Waals surface area contributed by atoms with Crippen molar-refractivity contribution < 1.29 is 113 Å². The minimum absolute atomic E-state index is 0. The first kappa shape index (κ1) is 22.2. The normalized spacial score (nSPS) is 9.36. The summed E-state index contributed by atoms with van der Waals surface area (Å²) in [5.41, 5.74) is -2.70. The van der Waals surface area contributed by atoms with Crippen LogP contribution in [0.5, 0.6) is 12.0 Å². The molecule has 3 rings (SSSR count). The Labute approximate surface area is 208 Å². The van der Waals surface area contributed by atoms with Gasteiger partial charge in [-0.05, 0) is 0 Å². The van der Waals surface area contributed by atoms with E-state index in [1.54, 1.807) is 0 Å². The Hall–Kier alpha value is 0.233. The molecule has 10 nitrogen and oxygen atoms in total. The molecule has 3 aromatic rings. The van der Waals surface area contributed by atoms with Gasteiger partial charge in [0.25, 0.3) is 11.1 Å². The third kappa shape index (κ3) is 4.62. The molecule has 22 heavy (non-hydrogen) atoms. The van der Waals surface area contributed by atoms with E-state index in [0.717, 1.165) is 0 Å². The van der Waals surface area contributed by atoms with E-state index < -0.39 is 23.1 Å². The topological polar surface area (TPSA) is 163 Å². The second-order valence-electron chi connectivity index (χ2n) is 3.31. The summed E-state index contributed by atoms with van der Waals surface area (Å²) < 4.78 is 0. The summed E-state index contributed by atoms with van der Waals surface area (Å²) in [7, 11) is 0. The van der Waals surface area contributed by atoms with Crippen LogP contribution in [0.4, 0.5) is 0 Å². The van der Waals surface area contributed by atoms with Crippen molar-refractivity contribution in [1.82, 2.24) is 29.9 Å². The second-order valence-corrected chi connectivity index (χ2v) is 3.31. The van der Waals surface area contributed by atoms with Crippen LogP contribution in [0.25, 0.3) is 22.3 Å². The van der Waals surface area contributed by atoms with Gasteiger partial charge in [-0.3, -0.25) is 9.59 Å². The summed E-state index contributed by atoms with van der Waals surface area (Å²) in [6.07, 6.45) is 0. The maximum absolute atomic E-state index is 11.4. The number of H-pyrrole nitrogens is 2. The van der Waals surface area contributed by atoms with Gasteiger partial charge in [0.05, 0.1) is 12.0 Å². The molecule has 0 aromatic carbocycles. The zero-order valence-electron chi connectivity index (χ0n) is 12.4. The molecular weight excluding hydrogens is 346 g/mol. The van der Waals surface area contributed by atoms with Crippen molar-refractivity contribution in [3.63, 3.8) is 0 Å². The molecule has 104 valence electrons. The van der Waals surface area contributed by atoms with Crippen molar-refractivity contribution in [3.05, 3.63) is 20.7 Å². The summed E-state index contributed by atoms with van der Waals surface area (Å²) in [6, 6.07) is -1.79. The Morgan fingerprint density at radius 3 is 1.36 bits per heavy atom. The van der Waals surface area contributed by atoms with Crippen molar-refractivity contribution in [2.45, 2.75) is 13.8 Å². The molecule has 0 atom stereocenters. The first-order valence-electron chi connectivity index (χ1n) is 5.61. The fraction of sp³-hybridized carbons (Fsp3) is 0.200. The predicted molar refractivity (Wildman–Crippen MR) is 64.1 cm³/mol. The number of nitrogens with zero attached hydrogens (tertiary/aromatic N) is 4. The van der Waals surface area contributed by atoms with Crippen LogP contribution in [-0.4, -0.2) is 29.9 Å². The maximum Gasteiger partial charge on any atom is 1.00 e. The molecule has 0 saturated heterocycles. The number of fused-ring (bicyclic) bond motifs is 2. The van der Waals surface area contributed by atoms with E-state index in [1.165, 1.54) is 0 Å². The third-order valence-corrected chi connectivity index (χ3v) is 2.14. The maximum atomic E-state index is 11.4. The molecule has 0 fully saturated rings. The average Bonchev–Trinajstić information content (AvgIpc) is 2.40. The molecule has 0 spiro atoms. The van der Waals surface area contributed by atoms with Crippen molar-refractivity contribution >= 4 is 22.3 Å². The van der Waals surface area contributed by atoms with Crippen LogP contribution in [0, 0.1) is 0 Å². The summed E-state index contributed by atoms with van der Waals surface area (Å²) in [5.74, 6) is 0. The van der Waals surface area contributed by atoms with E-state index >= 15 is 0 Å². The number of aromatic amines is 2. The van der Waals surface area contributed by atoms with Crippen LogP contribution in [0.2, 0.25) is 0 Å². The summed E-state index contributed by atoms with van der Waals surface area (Å²) in [6.45, 7) is 4.00. The van der Waals surface area contributed by atoms with Crippen LogP contribution in [0.1, 0.15) is 13.8 Å². The average molecular weight is 354 g/mol. The van der Waals surface area contributed by atoms with Gasteiger partial charge in [0.15, 0.2) is 22.3 Å². The molecule has 3 heterocycles. The number of aromatic nitrogens is 6. The van der Waals surface area contributed by atoms with Gasteiger partial charge in [-0.25, -0.2) is 19.9 Å². The van der Waals surface area contributed by atoms with Crippen LogP contribution in [0.3, 0.4) is 0 Å². The molecule has 0 aliphatic heterocycles. The fourth-order valence-electron chi connectivity index (χ4n) is 1.44. The summed E-state index contributed by atoms with van der Waals surface area (Å²) in [5, 5.41) is 22.0. The van der Waals surface area contributed by atoms with Gasteiger partial charge in [0.1, 0.15) is 0 Å². The van der Waals surface area contributed by atoms with E-state index in [0.29, 0.717) is 0 Å². The quantitative estimate of drug-likeness (QED) is 0.297. The molecule has 0 aliphatic rings. The van der Waals surface area contributed by atoms with Gasteiger partial charge >= 0.3 is 103 Å². The number of rotatable bonds is 0. The molecule has 0 aliphatic carbocycles. The third-order valence-electron chi connectivity index (χ3n) is 2.14. The summed E-state index contributed by atoms with van der Waals surface area (Å²) in [4.78, 5) is 40.8. The second kappa shape index (κ2) is 9.51. The minimum Gasteiger partial charge on any atom is -0.846 e. The van der Waals surface area contributed by atoms with Gasteiger partial charge in [0.2, 0.25) is 0 Å². The number of hydrogen-bond acceptors (Lipinski definition) is 8. The van der Waals surface area contributed by atoms with E-state index in [4.69, 9.17) is 0 Å². The zero-order valence-corrected chi connectivity index (χ0v) is 18.7. The van der Waals surface area contributed by atoms with E-state index in [2.05, 4.69) is 19.9 Å². The Bertz CT molecular complexity index is 834. The van der Waals surface area contributed by atoms with Crippen LogP contribution < -0.4 is 124 Å². The number of nitrogens with one attached hydrogen (secondary N) is 2. The van der Waals surface area contributed by atoms with E-state index in [1.807, 2.05) is 23.8 Å². The molecule has 0 amide bonds. The van der Waals surface area contributed by atoms with Crippen LogP contribution in [0.15, 0.2) is 9.59 Å². The van der Waals surface area contributed by atoms with Gasteiger partial charge in [-0.1, -0.05) is 13.8 Å². The van der Waals surface area contributed by atoms with Crippen molar-refractivity contribution in [2.75, 3.05) is 0 Å². The van der Waals surface area contributed by atoms with E-state index in [-0.39, 0.29) is 125 Å². The molecule has 0 saturated carbocycles. The molecule has 0 bridgehead atoms.